The van der Waals surface area contributed by atoms with E-state index >= 15 is 0 Å². The number of anilines is 1. The molecule has 0 fully saturated rings. The Bertz CT molecular complexity index is 815. The Morgan fingerprint density at radius 1 is 1.13 bits per heavy atom. The average molecular weight is 334 g/mol. The van der Waals surface area contributed by atoms with Crippen LogP contribution in [-0.4, -0.2) is 19.6 Å². The Morgan fingerprint density at radius 2 is 1.91 bits per heavy atom. The number of nitrogens with one attached hydrogen (secondary N) is 1. The fraction of sp³-hybridized carbons (Fsp3) is 0.312. The minimum Gasteiger partial charge on any atom is -0.366 e. The molecule has 1 N–H and O–H groups in total. The van der Waals surface area contributed by atoms with Crippen LogP contribution in [0.25, 0.3) is 5.78 Å². The van der Waals surface area contributed by atoms with Gasteiger partial charge in [-0.3, -0.25) is 0 Å². The monoisotopic (exact) mass is 333 g/mol. The van der Waals surface area contributed by atoms with Gasteiger partial charge in [-0.25, -0.2) is 9.37 Å². The molecule has 0 spiro atoms. The normalized spacial score (nSPS) is 13.4. The van der Waals surface area contributed by atoms with Crippen molar-refractivity contribution in [1.82, 2.24) is 19.6 Å². The first-order chi connectivity index (χ1) is 10.8. The summed E-state index contributed by atoms with van der Waals surface area (Å²) in [6.07, 6.45) is 5.85. The third-order valence-corrected chi connectivity index (χ3v) is 4.07. The predicted molar refractivity (Wildman–Crippen MR) is 88.4 cm³/mol. The molecule has 2 heterocycles. The van der Waals surface area contributed by atoms with Crippen molar-refractivity contribution in [3.8, 4) is 0 Å². The van der Waals surface area contributed by atoms with E-state index in [0.717, 1.165) is 29.9 Å². The highest BCUT2D eigenvalue weighted by Crippen LogP contribution is 2.27. The second-order valence-corrected chi connectivity index (χ2v) is 5.54. The fourth-order valence-electron chi connectivity index (χ4n) is 2.96. The van der Waals surface area contributed by atoms with E-state index in [1.54, 1.807) is 16.6 Å². The van der Waals surface area contributed by atoms with Gasteiger partial charge in [-0.1, -0.05) is 12.1 Å². The SMILES string of the molecule is Cl.Fc1ccc(CNc2c3c(nc4ncnn24)CCCC3)cc1. The number of aromatic nitrogens is 4. The first-order valence-electron chi connectivity index (χ1n) is 7.51. The largest absolute Gasteiger partial charge is 0.366 e. The summed E-state index contributed by atoms with van der Waals surface area (Å²) >= 11 is 0. The number of fused-ring (bicyclic) bond motifs is 2. The van der Waals surface area contributed by atoms with Gasteiger partial charge in [0.05, 0.1) is 5.69 Å². The Labute approximate surface area is 139 Å². The van der Waals surface area contributed by atoms with Crippen LogP contribution in [0.15, 0.2) is 30.6 Å². The van der Waals surface area contributed by atoms with Gasteiger partial charge in [0.15, 0.2) is 0 Å². The number of hydrogen-bond donors (Lipinski definition) is 1. The summed E-state index contributed by atoms with van der Waals surface area (Å²) in [6.45, 7) is 0.617. The van der Waals surface area contributed by atoms with E-state index in [2.05, 4.69) is 20.4 Å². The maximum absolute atomic E-state index is 13.0. The third-order valence-electron chi connectivity index (χ3n) is 4.07. The van der Waals surface area contributed by atoms with Crippen molar-refractivity contribution in [3.63, 3.8) is 0 Å². The zero-order valence-electron chi connectivity index (χ0n) is 12.5. The molecule has 0 radical (unpaired) electrons. The lowest BCUT2D eigenvalue weighted by atomic mass is 9.96. The van der Waals surface area contributed by atoms with Crippen LogP contribution in [0.4, 0.5) is 10.2 Å². The van der Waals surface area contributed by atoms with E-state index in [4.69, 9.17) is 0 Å². The molecule has 23 heavy (non-hydrogen) atoms. The lowest BCUT2D eigenvalue weighted by Crippen LogP contribution is -2.15. The second-order valence-electron chi connectivity index (χ2n) is 5.54. The molecule has 4 rings (SSSR count). The summed E-state index contributed by atoms with van der Waals surface area (Å²) in [7, 11) is 0. The molecule has 0 atom stereocenters. The van der Waals surface area contributed by atoms with Crippen LogP contribution in [0.2, 0.25) is 0 Å². The second kappa shape index (κ2) is 6.50. The number of rotatable bonds is 3. The van der Waals surface area contributed by atoms with Crippen LogP contribution < -0.4 is 5.32 Å². The quantitative estimate of drug-likeness (QED) is 0.800. The Hall–Kier alpha value is -2.21. The topological polar surface area (TPSA) is 55.1 Å². The van der Waals surface area contributed by atoms with E-state index in [0.29, 0.717) is 12.3 Å². The molecule has 1 aliphatic carbocycles. The maximum atomic E-state index is 13.0. The van der Waals surface area contributed by atoms with Gasteiger partial charge in [0, 0.05) is 12.1 Å². The number of halogens is 2. The Morgan fingerprint density at radius 3 is 2.74 bits per heavy atom. The molecule has 1 aromatic carbocycles. The molecular formula is C16H17ClFN5. The predicted octanol–water partition coefficient (Wildman–Crippen LogP) is 3.18. The first kappa shape index (κ1) is 15.7. The molecule has 0 saturated heterocycles. The van der Waals surface area contributed by atoms with Crippen molar-refractivity contribution in [3.05, 3.63) is 53.2 Å². The van der Waals surface area contributed by atoms with Gasteiger partial charge in [-0.05, 0) is 43.4 Å². The molecule has 0 saturated carbocycles. The third kappa shape index (κ3) is 2.99. The highest BCUT2D eigenvalue weighted by Gasteiger charge is 2.19. The van der Waals surface area contributed by atoms with Crippen LogP contribution in [0.1, 0.15) is 29.7 Å². The van der Waals surface area contributed by atoms with Crippen LogP contribution in [-0.2, 0) is 19.4 Å². The lowest BCUT2D eigenvalue weighted by Gasteiger charge is -2.20. The summed E-state index contributed by atoms with van der Waals surface area (Å²) in [5.74, 6) is 1.37. The Kier molecular flexibility index (Phi) is 4.43. The molecule has 3 aromatic rings. The highest BCUT2D eigenvalue weighted by atomic mass is 35.5. The molecule has 120 valence electrons. The summed E-state index contributed by atoms with van der Waals surface area (Å²) in [6, 6.07) is 6.52. The zero-order chi connectivity index (χ0) is 14.9. The van der Waals surface area contributed by atoms with Crippen molar-refractivity contribution in [2.45, 2.75) is 32.2 Å². The van der Waals surface area contributed by atoms with Crippen molar-refractivity contribution < 1.29 is 4.39 Å². The van der Waals surface area contributed by atoms with Gasteiger partial charge in [-0.2, -0.15) is 14.6 Å². The van der Waals surface area contributed by atoms with E-state index in [-0.39, 0.29) is 18.2 Å². The Balaban J connectivity index is 0.00000156. The van der Waals surface area contributed by atoms with Gasteiger partial charge >= 0.3 is 0 Å². The van der Waals surface area contributed by atoms with Crippen molar-refractivity contribution in [2.24, 2.45) is 0 Å². The van der Waals surface area contributed by atoms with Crippen molar-refractivity contribution in [2.75, 3.05) is 5.32 Å². The van der Waals surface area contributed by atoms with Crippen molar-refractivity contribution >= 4 is 24.0 Å². The minimum absolute atomic E-state index is 0. The molecule has 0 unspecified atom stereocenters. The maximum Gasteiger partial charge on any atom is 0.254 e. The van der Waals surface area contributed by atoms with Gasteiger partial charge in [0.1, 0.15) is 18.0 Å². The molecule has 0 bridgehead atoms. The summed E-state index contributed by atoms with van der Waals surface area (Å²) in [5.41, 5.74) is 3.37. The molecule has 7 heteroatoms. The zero-order valence-corrected chi connectivity index (χ0v) is 13.3. The van der Waals surface area contributed by atoms with Gasteiger partial charge < -0.3 is 5.32 Å². The minimum atomic E-state index is -0.219. The van der Waals surface area contributed by atoms with Crippen molar-refractivity contribution in [1.29, 1.82) is 0 Å². The number of benzene rings is 1. The first-order valence-corrected chi connectivity index (χ1v) is 7.51. The summed E-state index contributed by atoms with van der Waals surface area (Å²) in [5, 5.41) is 7.71. The molecule has 0 aliphatic heterocycles. The van der Waals surface area contributed by atoms with Gasteiger partial charge in [-0.15, -0.1) is 12.4 Å². The summed E-state index contributed by atoms with van der Waals surface area (Å²) in [4.78, 5) is 8.81. The number of nitrogens with zero attached hydrogens (tertiary/aromatic N) is 4. The molecule has 0 amide bonds. The highest BCUT2D eigenvalue weighted by molar-refractivity contribution is 5.85. The van der Waals surface area contributed by atoms with E-state index in [1.165, 1.54) is 36.9 Å². The van der Waals surface area contributed by atoms with Gasteiger partial charge in [0.2, 0.25) is 0 Å². The van der Waals surface area contributed by atoms with E-state index in [1.807, 2.05) is 0 Å². The van der Waals surface area contributed by atoms with Crippen LogP contribution in [0, 0.1) is 5.82 Å². The van der Waals surface area contributed by atoms with Crippen LogP contribution in [0.5, 0.6) is 0 Å². The lowest BCUT2D eigenvalue weighted by molar-refractivity contribution is 0.627. The fourth-order valence-corrected chi connectivity index (χ4v) is 2.96. The van der Waals surface area contributed by atoms with E-state index in [9.17, 15) is 4.39 Å². The summed E-state index contributed by atoms with van der Waals surface area (Å²) < 4.78 is 14.7. The van der Waals surface area contributed by atoms with Gasteiger partial charge in [0.25, 0.3) is 5.78 Å². The number of hydrogen-bond acceptors (Lipinski definition) is 4. The molecule has 2 aromatic heterocycles. The van der Waals surface area contributed by atoms with Crippen LogP contribution in [0.3, 0.4) is 0 Å². The molecular weight excluding hydrogens is 317 g/mol. The molecule has 5 nitrogen and oxygen atoms in total. The number of aryl methyl sites for hydroxylation is 1. The molecule has 1 aliphatic rings. The average Bonchev–Trinajstić information content (AvgIpc) is 3.01. The van der Waals surface area contributed by atoms with E-state index < -0.39 is 0 Å². The van der Waals surface area contributed by atoms with Crippen LogP contribution >= 0.6 is 12.4 Å². The smallest absolute Gasteiger partial charge is 0.254 e. The standard InChI is InChI=1S/C16H16FN5.ClH/c17-12-7-5-11(6-8-12)9-18-15-13-3-1-2-4-14(13)21-16-19-10-20-22(15)16;/h5-8,10,18H,1-4,9H2;1H.